The lowest BCUT2D eigenvalue weighted by molar-refractivity contribution is -0.207. The molecule has 8 nitrogen and oxygen atoms in total. The standard InChI is InChI=1S/C11H16O8/c1-5(13)9(17)11(19,7(3)15)10(18,6(2)14)8(16)4-12/h8,12,16,18-19H,4H2,1-3H3/t8-,10+,11-/m1/s1/i1D,2D,3D. The lowest BCUT2D eigenvalue weighted by Crippen LogP contribution is -2.73. The average molecular weight is 279 g/mol. The summed E-state index contributed by atoms with van der Waals surface area (Å²) in [4.78, 5) is 46.7. The van der Waals surface area contributed by atoms with E-state index in [1.54, 1.807) is 0 Å². The van der Waals surface area contributed by atoms with E-state index in [9.17, 15) is 34.5 Å². The van der Waals surface area contributed by atoms with E-state index in [-0.39, 0.29) is 0 Å². The molecule has 0 rings (SSSR count). The predicted molar refractivity (Wildman–Crippen MR) is 60.0 cm³/mol. The van der Waals surface area contributed by atoms with E-state index in [4.69, 9.17) is 9.22 Å². The van der Waals surface area contributed by atoms with Crippen LogP contribution in [0.5, 0.6) is 0 Å². The molecule has 4 N–H and O–H groups in total. The van der Waals surface area contributed by atoms with Gasteiger partial charge < -0.3 is 20.4 Å². The number of hydrogen-bond acceptors (Lipinski definition) is 8. The summed E-state index contributed by atoms with van der Waals surface area (Å²) in [6.07, 6.45) is -2.58. The number of carbonyl (C=O) groups is 4. The molecule has 0 heterocycles. The summed E-state index contributed by atoms with van der Waals surface area (Å²) in [6, 6.07) is 0. The monoisotopic (exact) mass is 279 g/mol. The zero-order valence-corrected chi connectivity index (χ0v) is 9.83. The summed E-state index contributed by atoms with van der Waals surface area (Å²) < 4.78 is 20.6. The van der Waals surface area contributed by atoms with Gasteiger partial charge in [-0.3, -0.25) is 19.2 Å². The van der Waals surface area contributed by atoms with Crippen molar-refractivity contribution >= 4 is 23.1 Å². The van der Waals surface area contributed by atoms with E-state index < -0.39 is 67.7 Å². The predicted octanol–water partition coefficient (Wildman–Crippen LogP) is -2.86. The van der Waals surface area contributed by atoms with Crippen molar-refractivity contribution < 1.29 is 43.7 Å². The first-order valence-electron chi connectivity index (χ1n) is 6.97. The van der Waals surface area contributed by atoms with Crippen molar-refractivity contribution in [1.82, 2.24) is 0 Å². The molecule has 0 aliphatic heterocycles. The molecular weight excluding hydrogens is 260 g/mol. The van der Waals surface area contributed by atoms with E-state index in [0.29, 0.717) is 0 Å². The number of ketones is 4. The minimum absolute atomic E-state index is 1.23. The lowest BCUT2D eigenvalue weighted by Gasteiger charge is -2.40. The second-order valence-corrected chi connectivity index (χ2v) is 3.77. The molecule has 0 saturated carbocycles. The third-order valence-electron chi connectivity index (χ3n) is 2.62. The highest BCUT2D eigenvalue weighted by Gasteiger charge is 2.65. The molecular formula is C11H16O8. The highest BCUT2D eigenvalue weighted by molar-refractivity contribution is 6.45. The quantitative estimate of drug-likeness (QED) is 0.287. The van der Waals surface area contributed by atoms with Crippen molar-refractivity contribution in [2.75, 3.05) is 6.61 Å². The van der Waals surface area contributed by atoms with E-state index in [1.807, 2.05) is 0 Å². The van der Waals surface area contributed by atoms with Crippen LogP contribution in [0.1, 0.15) is 24.8 Å². The van der Waals surface area contributed by atoms with Crippen molar-refractivity contribution in [1.29, 1.82) is 0 Å². The zero-order valence-electron chi connectivity index (χ0n) is 12.8. The van der Waals surface area contributed by atoms with E-state index in [1.165, 1.54) is 0 Å². The summed E-state index contributed by atoms with van der Waals surface area (Å²) in [5.74, 6) is -7.25. The van der Waals surface area contributed by atoms with E-state index in [0.717, 1.165) is 0 Å². The molecule has 3 atom stereocenters. The first-order valence-corrected chi connectivity index (χ1v) is 4.85. The van der Waals surface area contributed by atoms with Crippen LogP contribution in [-0.2, 0) is 19.2 Å². The Morgan fingerprint density at radius 3 is 2.00 bits per heavy atom. The van der Waals surface area contributed by atoms with Gasteiger partial charge in [-0.25, -0.2) is 0 Å². The maximum atomic E-state index is 11.9. The topological polar surface area (TPSA) is 149 Å². The fourth-order valence-electron chi connectivity index (χ4n) is 1.47. The number of aliphatic hydroxyl groups excluding tert-OH is 2. The molecule has 108 valence electrons. The maximum Gasteiger partial charge on any atom is 0.240 e. The van der Waals surface area contributed by atoms with E-state index in [2.05, 4.69) is 0 Å². The smallest absolute Gasteiger partial charge is 0.240 e. The minimum Gasteiger partial charge on any atom is -0.394 e. The number of carbonyl (C=O) groups excluding carboxylic acids is 4. The molecule has 19 heavy (non-hydrogen) atoms. The second-order valence-electron chi connectivity index (χ2n) is 3.77. The van der Waals surface area contributed by atoms with Crippen LogP contribution in [0.2, 0.25) is 0 Å². The third-order valence-corrected chi connectivity index (χ3v) is 2.62. The highest BCUT2D eigenvalue weighted by atomic mass is 16.4. The minimum atomic E-state index is -3.87. The Kier molecular flexibility index (Phi) is 3.74. The van der Waals surface area contributed by atoms with Crippen LogP contribution < -0.4 is 0 Å². The molecule has 0 aliphatic rings. The molecule has 0 radical (unpaired) electrons. The van der Waals surface area contributed by atoms with Crippen LogP contribution in [0.15, 0.2) is 0 Å². The molecule has 0 unspecified atom stereocenters. The lowest BCUT2D eigenvalue weighted by atomic mass is 9.70. The number of rotatable bonds is 7. The fourth-order valence-corrected chi connectivity index (χ4v) is 1.47. The van der Waals surface area contributed by atoms with Crippen LogP contribution in [-0.4, -0.2) is 67.5 Å². The van der Waals surface area contributed by atoms with Crippen molar-refractivity contribution in [3.63, 3.8) is 0 Å². The molecule has 8 heteroatoms. The van der Waals surface area contributed by atoms with Crippen molar-refractivity contribution in [2.24, 2.45) is 0 Å². The number of aliphatic hydroxyl groups is 4. The molecule has 0 saturated heterocycles. The van der Waals surface area contributed by atoms with Gasteiger partial charge in [0.05, 0.1) is 6.61 Å². The number of Topliss-reactive ketones (excluding diaryl/α,β-unsaturated/α-hetero) is 4. The Morgan fingerprint density at radius 2 is 1.63 bits per heavy atom. The van der Waals surface area contributed by atoms with Gasteiger partial charge in [0.15, 0.2) is 23.0 Å². The van der Waals surface area contributed by atoms with Gasteiger partial charge >= 0.3 is 0 Å². The van der Waals surface area contributed by atoms with Crippen LogP contribution in [0.3, 0.4) is 0 Å². The first kappa shape index (κ1) is 12.5. The molecule has 0 aromatic rings. The fraction of sp³-hybridized carbons (Fsp3) is 0.636. The van der Waals surface area contributed by atoms with Gasteiger partial charge in [-0.1, -0.05) is 0 Å². The van der Waals surface area contributed by atoms with Crippen molar-refractivity contribution in [3.8, 4) is 0 Å². The van der Waals surface area contributed by atoms with Crippen LogP contribution in [0, 0.1) is 0 Å². The first-order chi connectivity index (χ1) is 10.1. The SMILES string of the molecule is [2H]CC(=O)C(=O)[C@](O)(C(=O)C[2H])[C@](O)(C(=O)C[2H])[C@H](O)CO. The van der Waals surface area contributed by atoms with Crippen molar-refractivity contribution in [3.05, 3.63) is 0 Å². The summed E-state index contributed by atoms with van der Waals surface area (Å²) >= 11 is 0. The molecule has 0 fully saturated rings. The van der Waals surface area contributed by atoms with Crippen LogP contribution >= 0.6 is 0 Å². The highest BCUT2D eigenvalue weighted by Crippen LogP contribution is 2.30. The van der Waals surface area contributed by atoms with Crippen LogP contribution in [0.25, 0.3) is 0 Å². The molecule has 0 aromatic carbocycles. The Labute approximate surface area is 112 Å². The van der Waals surface area contributed by atoms with Gasteiger partial charge in [0.25, 0.3) is 0 Å². The molecule has 0 aromatic heterocycles. The van der Waals surface area contributed by atoms with Gasteiger partial charge in [0.1, 0.15) is 6.10 Å². The zero-order chi connectivity index (χ0) is 17.7. The Hall–Kier alpha value is -1.48. The Morgan fingerprint density at radius 1 is 1.11 bits per heavy atom. The largest absolute Gasteiger partial charge is 0.394 e. The van der Waals surface area contributed by atoms with Crippen LogP contribution in [0.4, 0.5) is 0 Å². The number of hydrogen-bond donors (Lipinski definition) is 4. The summed E-state index contributed by atoms with van der Waals surface area (Å²) in [5, 5.41) is 38.9. The van der Waals surface area contributed by atoms with Gasteiger partial charge in [-0.05, 0) is 13.8 Å². The Bertz CT molecular complexity index is 482. The van der Waals surface area contributed by atoms with Gasteiger partial charge in [-0.2, -0.15) is 0 Å². The molecule has 0 amide bonds. The van der Waals surface area contributed by atoms with Gasteiger partial charge in [0.2, 0.25) is 11.4 Å². The normalized spacial score (nSPS) is 20.9. The average Bonchev–Trinajstić information content (AvgIpc) is 2.55. The molecule has 0 aliphatic carbocycles. The second kappa shape index (κ2) is 5.66. The maximum absolute atomic E-state index is 11.9. The Balaban J connectivity index is 6.46. The van der Waals surface area contributed by atoms with Gasteiger partial charge in [-0.15, -0.1) is 0 Å². The summed E-state index contributed by atoms with van der Waals surface area (Å²) in [6.45, 7) is -5.27. The van der Waals surface area contributed by atoms with Gasteiger partial charge in [0, 0.05) is 11.0 Å². The summed E-state index contributed by atoms with van der Waals surface area (Å²) in [7, 11) is 0. The molecule has 0 bridgehead atoms. The summed E-state index contributed by atoms with van der Waals surface area (Å²) in [5.41, 5.74) is -7.56. The van der Waals surface area contributed by atoms with Crippen molar-refractivity contribution in [2.45, 2.75) is 38.0 Å². The van der Waals surface area contributed by atoms with E-state index >= 15 is 0 Å². The third kappa shape index (κ3) is 2.47. The molecule has 0 spiro atoms.